The topological polar surface area (TPSA) is 64.6 Å². The van der Waals surface area contributed by atoms with Crippen LogP contribution in [-0.4, -0.2) is 25.1 Å². The normalized spacial score (nSPS) is 10.6. The molecule has 0 aliphatic heterocycles. The third-order valence-corrected chi connectivity index (χ3v) is 3.44. The largest absolute Gasteiger partial charge is 0.484 e. The maximum Gasteiger partial charge on any atom is 0.330 e. The van der Waals surface area contributed by atoms with Crippen molar-refractivity contribution >= 4 is 35.2 Å². The number of hydrogen-bond donors (Lipinski definition) is 1. The van der Waals surface area contributed by atoms with E-state index in [1.54, 1.807) is 37.3 Å². The zero-order valence-corrected chi connectivity index (χ0v) is 14.8. The second-order valence-corrected chi connectivity index (χ2v) is 5.53. The number of esters is 1. The van der Waals surface area contributed by atoms with Gasteiger partial charge in [-0.25, -0.2) is 9.18 Å². The summed E-state index contributed by atoms with van der Waals surface area (Å²) in [5.41, 5.74) is 1.36. The van der Waals surface area contributed by atoms with E-state index < -0.39 is 11.8 Å². The monoisotopic (exact) mass is 377 g/mol. The van der Waals surface area contributed by atoms with Gasteiger partial charge in [-0.05, 0) is 42.8 Å². The molecule has 136 valence electrons. The fourth-order valence-electron chi connectivity index (χ4n) is 1.94. The van der Waals surface area contributed by atoms with E-state index in [1.165, 1.54) is 18.2 Å². The summed E-state index contributed by atoms with van der Waals surface area (Å²) in [6, 6.07) is 10.7. The van der Waals surface area contributed by atoms with Crippen molar-refractivity contribution in [2.45, 2.75) is 6.92 Å². The van der Waals surface area contributed by atoms with Crippen LogP contribution in [0.5, 0.6) is 5.75 Å². The molecule has 0 unspecified atom stereocenters. The van der Waals surface area contributed by atoms with E-state index >= 15 is 0 Å². The number of benzene rings is 2. The van der Waals surface area contributed by atoms with Gasteiger partial charge in [-0.1, -0.05) is 23.7 Å². The second-order valence-electron chi connectivity index (χ2n) is 5.12. The predicted molar refractivity (Wildman–Crippen MR) is 97.6 cm³/mol. The number of halogens is 2. The van der Waals surface area contributed by atoms with Crippen LogP contribution in [0.2, 0.25) is 5.02 Å². The average Bonchev–Trinajstić information content (AvgIpc) is 2.62. The molecule has 0 aromatic heterocycles. The standard InChI is InChI=1S/C19H17ClFNO4/c1-2-25-19(24)10-5-13-3-6-14(7-4-13)22-18(23)12-26-15-8-9-17(21)16(20)11-15/h3-11H,2,12H2,1H3,(H,22,23)/b10-5+. The molecule has 0 heterocycles. The highest BCUT2D eigenvalue weighted by atomic mass is 35.5. The van der Waals surface area contributed by atoms with Crippen molar-refractivity contribution in [3.05, 3.63) is 64.9 Å². The fourth-order valence-corrected chi connectivity index (χ4v) is 2.12. The summed E-state index contributed by atoms with van der Waals surface area (Å²) in [6.07, 6.45) is 2.95. The molecule has 0 radical (unpaired) electrons. The summed E-state index contributed by atoms with van der Waals surface area (Å²) in [5, 5.41) is 2.59. The van der Waals surface area contributed by atoms with Crippen molar-refractivity contribution < 1.29 is 23.5 Å². The lowest BCUT2D eigenvalue weighted by Gasteiger charge is -2.08. The van der Waals surface area contributed by atoms with E-state index in [0.29, 0.717) is 18.0 Å². The fraction of sp³-hybridized carbons (Fsp3) is 0.158. The molecule has 0 aliphatic rings. The molecule has 0 aliphatic carbocycles. The van der Waals surface area contributed by atoms with Gasteiger partial charge in [-0.15, -0.1) is 0 Å². The van der Waals surface area contributed by atoms with Crippen LogP contribution in [0.15, 0.2) is 48.5 Å². The van der Waals surface area contributed by atoms with Crippen LogP contribution in [0, 0.1) is 5.82 Å². The maximum absolute atomic E-state index is 13.1. The van der Waals surface area contributed by atoms with Gasteiger partial charge in [0.1, 0.15) is 11.6 Å². The molecule has 2 aromatic carbocycles. The Balaban J connectivity index is 1.85. The number of anilines is 1. The molecule has 7 heteroatoms. The first-order valence-electron chi connectivity index (χ1n) is 7.80. The van der Waals surface area contributed by atoms with Crippen LogP contribution in [0.1, 0.15) is 12.5 Å². The highest BCUT2D eigenvalue weighted by Gasteiger charge is 2.06. The Labute approximate surface area is 155 Å². The number of nitrogens with one attached hydrogen (secondary N) is 1. The van der Waals surface area contributed by atoms with Gasteiger partial charge in [0, 0.05) is 17.8 Å². The SMILES string of the molecule is CCOC(=O)/C=C/c1ccc(NC(=O)COc2ccc(F)c(Cl)c2)cc1. The molecule has 0 fully saturated rings. The van der Waals surface area contributed by atoms with Crippen molar-refractivity contribution in [1.82, 2.24) is 0 Å². The van der Waals surface area contributed by atoms with E-state index in [-0.39, 0.29) is 17.5 Å². The summed E-state index contributed by atoms with van der Waals surface area (Å²) >= 11 is 5.65. The van der Waals surface area contributed by atoms with Crippen molar-refractivity contribution in [3.63, 3.8) is 0 Å². The van der Waals surface area contributed by atoms with Crippen LogP contribution in [-0.2, 0) is 14.3 Å². The number of amides is 1. The zero-order chi connectivity index (χ0) is 18.9. The number of carbonyl (C=O) groups is 2. The lowest BCUT2D eigenvalue weighted by molar-refractivity contribution is -0.137. The number of hydrogen-bond acceptors (Lipinski definition) is 4. The van der Waals surface area contributed by atoms with E-state index in [4.69, 9.17) is 21.1 Å². The molecule has 0 saturated heterocycles. The molecule has 2 aromatic rings. The van der Waals surface area contributed by atoms with Gasteiger partial charge >= 0.3 is 5.97 Å². The first-order chi connectivity index (χ1) is 12.5. The van der Waals surface area contributed by atoms with Crippen molar-refractivity contribution in [1.29, 1.82) is 0 Å². The molecule has 26 heavy (non-hydrogen) atoms. The minimum Gasteiger partial charge on any atom is -0.484 e. The molecule has 1 amide bonds. The van der Waals surface area contributed by atoms with E-state index in [0.717, 1.165) is 11.6 Å². The van der Waals surface area contributed by atoms with Crippen LogP contribution < -0.4 is 10.1 Å². The predicted octanol–water partition coefficient (Wildman–Crippen LogP) is 4.07. The Hall–Kier alpha value is -2.86. The summed E-state index contributed by atoms with van der Waals surface area (Å²) in [4.78, 5) is 23.1. The minimum absolute atomic E-state index is 0.0747. The first kappa shape index (κ1) is 19.5. The zero-order valence-electron chi connectivity index (χ0n) is 14.0. The van der Waals surface area contributed by atoms with E-state index in [1.807, 2.05) is 0 Å². The third kappa shape index (κ3) is 6.22. The van der Waals surface area contributed by atoms with Gasteiger partial charge in [0.15, 0.2) is 6.61 Å². The van der Waals surface area contributed by atoms with Crippen LogP contribution in [0.4, 0.5) is 10.1 Å². The van der Waals surface area contributed by atoms with Crippen LogP contribution >= 0.6 is 11.6 Å². The Morgan fingerprint density at radius 2 is 1.92 bits per heavy atom. The Morgan fingerprint density at radius 3 is 2.58 bits per heavy atom. The number of carbonyl (C=O) groups excluding carboxylic acids is 2. The second kappa shape index (κ2) is 9.58. The molecule has 2 rings (SSSR count). The molecular formula is C19H17ClFNO4. The Kier molecular flexibility index (Phi) is 7.17. The maximum atomic E-state index is 13.1. The number of ether oxygens (including phenoxy) is 2. The van der Waals surface area contributed by atoms with Gasteiger partial charge in [-0.3, -0.25) is 4.79 Å². The van der Waals surface area contributed by atoms with Gasteiger partial charge in [0.05, 0.1) is 11.6 Å². The molecule has 1 N–H and O–H groups in total. The highest BCUT2D eigenvalue weighted by Crippen LogP contribution is 2.21. The molecule has 0 bridgehead atoms. The number of rotatable bonds is 7. The summed E-state index contributed by atoms with van der Waals surface area (Å²) in [7, 11) is 0. The van der Waals surface area contributed by atoms with E-state index in [9.17, 15) is 14.0 Å². The molecule has 5 nitrogen and oxygen atoms in total. The quantitative estimate of drug-likeness (QED) is 0.583. The lowest BCUT2D eigenvalue weighted by Crippen LogP contribution is -2.20. The molecular weight excluding hydrogens is 361 g/mol. The summed E-state index contributed by atoms with van der Waals surface area (Å²) < 4.78 is 23.1. The van der Waals surface area contributed by atoms with Crippen LogP contribution in [0.3, 0.4) is 0 Å². The van der Waals surface area contributed by atoms with Gasteiger partial charge in [0.25, 0.3) is 5.91 Å². The smallest absolute Gasteiger partial charge is 0.330 e. The summed E-state index contributed by atoms with van der Waals surface area (Å²) in [6.45, 7) is 1.81. The van der Waals surface area contributed by atoms with Gasteiger partial charge < -0.3 is 14.8 Å². The summed E-state index contributed by atoms with van der Waals surface area (Å²) in [5.74, 6) is -1.05. The third-order valence-electron chi connectivity index (χ3n) is 3.15. The van der Waals surface area contributed by atoms with Gasteiger partial charge in [0.2, 0.25) is 0 Å². The van der Waals surface area contributed by atoms with Crippen molar-refractivity contribution in [2.75, 3.05) is 18.5 Å². The highest BCUT2D eigenvalue weighted by molar-refractivity contribution is 6.30. The van der Waals surface area contributed by atoms with Crippen molar-refractivity contribution in [2.24, 2.45) is 0 Å². The molecule has 0 atom stereocenters. The van der Waals surface area contributed by atoms with E-state index in [2.05, 4.69) is 5.32 Å². The molecule has 0 saturated carbocycles. The average molecular weight is 378 g/mol. The first-order valence-corrected chi connectivity index (χ1v) is 8.18. The lowest BCUT2D eigenvalue weighted by atomic mass is 10.2. The van der Waals surface area contributed by atoms with Gasteiger partial charge in [-0.2, -0.15) is 0 Å². The minimum atomic E-state index is -0.555. The van der Waals surface area contributed by atoms with Crippen molar-refractivity contribution in [3.8, 4) is 5.75 Å². The Bertz CT molecular complexity index is 806. The molecule has 0 spiro atoms. The van der Waals surface area contributed by atoms with Crippen LogP contribution in [0.25, 0.3) is 6.08 Å². The Morgan fingerprint density at radius 1 is 1.19 bits per heavy atom.